The lowest BCUT2D eigenvalue weighted by Crippen LogP contribution is -2.42. The molecule has 11 nitrogen and oxygen atoms in total. The van der Waals surface area contributed by atoms with Gasteiger partial charge >= 0.3 is 0 Å². The molecule has 0 bridgehead atoms. The van der Waals surface area contributed by atoms with E-state index in [4.69, 9.17) is 9.94 Å². The van der Waals surface area contributed by atoms with E-state index < -0.39 is 11.7 Å². The summed E-state index contributed by atoms with van der Waals surface area (Å²) < 4.78 is 20.0. The molecule has 1 aliphatic rings. The van der Waals surface area contributed by atoms with E-state index in [1.54, 1.807) is 42.1 Å². The molecule has 1 aliphatic heterocycles. The number of carbonyl (C=O) groups is 1. The highest BCUT2D eigenvalue weighted by Gasteiger charge is 2.26. The standard InChI is InChI=1S/C32H28FN7O4S.ClH/c1-44-28-6-4-19(13-27(28)41)25-17-38-32(24(15-35)31(25)20-2-3-21(14-34)26(33)12-20)40-10-8-22(9-11-40)36-18-30-37-16-23(45-30)5-7-29(42)39-43;/h2-7,12-13,16-17,22,36,41,43H,8-11,18H2,1H3,(H,39,42);1H/b7-5+;. The van der Waals surface area contributed by atoms with Crippen LogP contribution in [0.15, 0.2) is 54.9 Å². The third kappa shape index (κ3) is 7.42. The van der Waals surface area contributed by atoms with E-state index in [2.05, 4.69) is 21.4 Å². The molecule has 4 aromatic rings. The number of nitrogens with zero attached hydrogens (tertiary/aromatic N) is 5. The molecule has 1 fully saturated rings. The van der Waals surface area contributed by atoms with Crippen molar-refractivity contribution in [2.45, 2.75) is 25.4 Å². The fourth-order valence-corrected chi connectivity index (χ4v) is 5.96. The summed E-state index contributed by atoms with van der Waals surface area (Å²) in [5, 5.41) is 43.1. The van der Waals surface area contributed by atoms with E-state index in [1.165, 1.54) is 42.7 Å². The Bertz CT molecular complexity index is 1850. The number of carbonyl (C=O) groups excluding carboxylic acids is 1. The monoisotopic (exact) mass is 661 g/mol. The number of hydrogen-bond acceptors (Lipinski definition) is 11. The Morgan fingerprint density at radius 3 is 2.57 bits per heavy atom. The molecule has 0 saturated carbocycles. The Morgan fingerprint density at radius 2 is 1.91 bits per heavy atom. The number of amides is 1. The van der Waals surface area contributed by atoms with Crippen LogP contribution in [0.2, 0.25) is 0 Å². The van der Waals surface area contributed by atoms with Crippen molar-refractivity contribution in [3.63, 3.8) is 0 Å². The SMILES string of the molecule is COc1ccc(-c2cnc(N3CCC(NCc4ncc(/C=C/C(=O)NO)s4)CC3)c(C#N)c2-c2ccc(C#N)c(F)c2)cc1O.Cl. The van der Waals surface area contributed by atoms with Gasteiger partial charge in [-0.2, -0.15) is 10.5 Å². The molecular formula is C32H29ClFN7O4S. The summed E-state index contributed by atoms with van der Waals surface area (Å²) in [5.74, 6) is -0.656. The molecule has 1 amide bonds. The quantitative estimate of drug-likeness (QED) is 0.107. The lowest BCUT2D eigenvalue weighted by atomic mass is 9.91. The first-order chi connectivity index (χ1) is 21.8. The highest BCUT2D eigenvalue weighted by Crippen LogP contribution is 2.41. The van der Waals surface area contributed by atoms with Crippen molar-refractivity contribution >= 4 is 41.5 Å². The summed E-state index contributed by atoms with van der Waals surface area (Å²) in [6, 6.07) is 13.4. The molecule has 14 heteroatoms. The Balaban J connectivity index is 0.00000480. The molecule has 2 aromatic carbocycles. The molecular weight excluding hydrogens is 633 g/mol. The second kappa shape index (κ2) is 15.3. The number of nitrogens with one attached hydrogen (secondary N) is 2. The highest BCUT2D eigenvalue weighted by atomic mass is 35.5. The fraction of sp³-hybridized carbons (Fsp3) is 0.219. The second-order valence-electron chi connectivity index (χ2n) is 10.2. The first-order valence-electron chi connectivity index (χ1n) is 13.9. The predicted octanol–water partition coefficient (Wildman–Crippen LogP) is 5.17. The number of hydrogen-bond donors (Lipinski definition) is 4. The van der Waals surface area contributed by atoms with Crippen LogP contribution in [0.5, 0.6) is 11.5 Å². The molecule has 2 aromatic heterocycles. The highest BCUT2D eigenvalue weighted by molar-refractivity contribution is 7.12. The predicted molar refractivity (Wildman–Crippen MR) is 173 cm³/mol. The largest absolute Gasteiger partial charge is 0.504 e. The van der Waals surface area contributed by atoms with Crippen LogP contribution in [0.3, 0.4) is 0 Å². The number of piperidine rings is 1. The number of aromatic nitrogens is 2. The number of benzene rings is 2. The summed E-state index contributed by atoms with van der Waals surface area (Å²) in [5.41, 5.74) is 3.63. The maximum absolute atomic E-state index is 14.8. The number of nitriles is 2. The van der Waals surface area contributed by atoms with Gasteiger partial charge in [0.05, 0.1) is 12.7 Å². The second-order valence-corrected chi connectivity index (χ2v) is 11.3. The average Bonchev–Trinajstić information content (AvgIpc) is 3.53. The smallest absolute Gasteiger partial charge is 0.267 e. The number of hydroxylamine groups is 1. The normalized spacial score (nSPS) is 13.1. The Morgan fingerprint density at radius 1 is 1.15 bits per heavy atom. The van der Waals surface area contributed by atoms with Crippen molar-refractivity contribution in [2.75, 3.05) is 25.1 Å². The third-order valence-corrected chi connectivity index (χ3v) is 8.42. The summed E-state index contributed by atoms with van der Waals surface area (Å²) in [6.45, 7) is 1.78. The van der Waals surface area contributed by atoms with Gasteiger partial charge in [0.15, 0.2) is 11.5 Å². The zero-order valence-electron chi connectivity index (χ0n) is 24.5. The first-order valence-corrected chi connectivity index (χ1v) is 14.7. The molecule has 0 unspecified atom stereocenters. The number of anilines is 1. The van der Waals surface area contributed by atoms with Crippen LogP contribution in [-0.4, -0.2) is 52.4 Å². The molecule has 5 rings (SSSR count). The number of pyridine rings is 1. The number of methoxy groups -OCH3 is 1. The molecule has 0 aliphatic carbocycles. The van der Waals surface area contributed by atoms with Crippen molar-refractivity contribution in [1.82, 2.24) is 20.8 Å². The number of halogens is 2. The van der Waals surface area contributed by atoms with E-state index >= 15 is 0 Å². The van der Waals surface area contributed by atoms with Gasteiger partial charge in [0.25, 0.3) is 5.91 Å². The molecule has 236 valence electrons. The van der Waals surface area contributed by atoms with Crippen LogP contribution in [0.1, 0.15) is 33.9 Å². The zero-order valence-corrected chi connectivity index (χ0v) is 26.2. The van der Waals surface area contributed by atoms with E-state index in [-0.39, 0.29) is 41.1 Å². The van der Waals surface area contributed by atoms with Crippen LogP contribution in [0.4, 0.5) is 10.2 Å². The van der Waals surface area contributed by atoms with E-state index in [0.29, 0.717) is 47.7 Å². The summed E-state index contributed by atoms with van der Waals surface area (Å²) in [6.07, 6.45) is 7.63. The summed E-state index contributed by atoms with van der Waals surface area (Å²) >= 11 is 1.44. The first kappa shape index (κ1) is 33.8. The summed E-state index contributed by atoms with van der Waals surface area (Å²) in [4.78, 5) is 23.1. The maximum atomic E-state index is 14.8. The van der Waals surface area contributed by atoms with Gasteiger partial charge in [-0.15, -0.1) is 23.7 Å². The number of phenols is 1. The van der Waals surface area contributed by atoms with Gasteiger partial charge in [0.2, 0.25) is 0 Å². The fourth-order valence-electron chi connectivity index (χ4n) is 5.19. The Kier molecular flexibility index (Phi) is 11.2. The minimum atomic E-state index is -0.702. The van der Waals surface area contributed by atoms with Crippen molar-refractivity contribution in [2.24, 2.45) is 0 Å². The molecule has 0 atom stereocenters. The molecule has 0 radical (unpaired) electrons. The van der Waals surface area contributed by atoms with Gasteiger partial charge in [0.1, 0.15) is 34.3 Å². The minimum Gasteiger partial charge on any atom is -0.504 e. The molecule has 4 N–H and O–H groups in total. The molecule has 0 spiro atoms. The number of aromatic hydroxyl groups is 1. The van der Waals surface area contributed by atoms with Gasteiger partial charge in [-0.1, -0.05) is 12.1 Å². The van der Waals surface area contributed by atoms with Crippen LogP contribution in [0.25, 0.3) is 28.3 Å². The maximum Gasteiger partial charge on any atom is 0.267 e. The van der Waals surface area contributed by atoms with Gasteiger partial charge in [-0.3, -0.25) is 10.0 Å². The zero-order chi connectivity index (χ0) is 31.9. The topological polar surface area (TPSA) is 167 Å². The molecule has 1 saturated heterocycles. The van der Waals surface area contributed by atoms with Crippen molar-refractivity contribution in [3.05, 3.63) is 81.7 Å². The van der Waals surface area contributed by atoms with Crippen LogP contribution < -0.4 is 20.4 Å². The average molecular weight is 662 g/mol. The lowest BCUT2D eigenvalue weighted by molar-refractivity contribution is -0.124. The van der Waals surface area contributed by atoms with Gasteiger partial charge in [-0.25, -0.2) is 19.8 Å². The lowest BCUT2D eigenvalue weighted by Gasteiger charge is -2.34. The van der Waals surface area contributed by atoms with Crippen LogP contribution in [-0.2, 0) is 11.3 Å². The van der Waals surface area contributed by atoms with Crippen molar-refractivity contribution in [3.8, 4) is 45.9 Å². The van der Waals surface area contributed by atoms with E-state index in [9.17, 15) is 24.8 Å². The van der Waals surface area contributed by atoms with Crippen molar-refractivity contribution < 1.29 is 24.2 Å². The molecule has 3 heterocycles. The number of ether oxygens (including phenoxy) is 1. The Labute approximate surface area is 274 Å². The number of thiazole rings is 1. The Hall–Kier alpha value is -5.05. The third-order valence-electron chi connectivity index (χ3n) is 7.46. The number of rotatable bonds is 9. The molecule has 46 heavy (non-hydrogen) atoms. The van der Waals surface area contributed by atoms with Crippen LogP contribution in [0, 0.1) is 28.5 Å². The van der Waals surface area contributed by atoms with Gasteiger partial charge in [-0.05, 0) is 54.3 Å². The van der Waals surface area contributed by atoms with E-state index in [1.807, 2.05) is 11.0 Å². The minimum absolute atomic E-state index is 0. The van der Waals surface area contributed by atoms with Crippen molar-refractivity contribution in [1.29, 1.82) is 10.5 Å². The van der Waals surface area contributed by atoms with Crippen LogP contribution >= 0.6 is 23.7 Å². The van der Waals surface area contributed by atoms with E-state index in [0.717, 1.165) is 22.7 Å². The van der Waals surface area contributed by atoms with Gasteiger partial charge in [0, 0.05) is 60.1 Å². The summed E-state index contributed by atoms with van der Waals surface area (Å²) in [7, 11) is 1.44. The number of phenolic OH excluding ortho intramolecular Hbond substituents is 1. The van der Waals surface area contributed by atoms with Gasteiger partial charge < -0.3 is 20.1 Å².